The molecule has 2 aromatic rings. The average molecular weight is 512 g/mol. The van der Waals surface area contributed by atoms with Crippen LogP contribution in [0.5, 0.6) is 0 Å². The van der Waals surface area contributed by atoms with Crippen LogP contribution in [0.2, 0.25) is 0 Å². The van der Waals surface area contributed by atoms with Crippen molar-refractivity contribution in [2.24, 2.45) is 5.92 Å². The van der Waals surface area contributed by atoms with E-state index in [1.807, 2.05) is 36.4 Å². The molecule has 0 aliphatic carbocycles. The zero-order chi connectivity index (χ0) is 25.8. The third-order valence-corrected chi connectivity index (χ3v) is 7.64. The maximum Gasteiger partial charge on any atom is 0.237 e. The molecule has 1 aliphatic heterocycles. The molecule has 2 atom stereocenters. The van der Waals surface area contributed by atoms with Crippen LogP contribution in [0, 0.1) is 5.92 Å². The molecule has 196 valence electrons. The minimum Gasteiger partial charge on any atom is -0.355 e. The molecule has 2 N–H and O–H groups in total. The molecule has 1 aliphatic rings. The molecule has 1 heterocycles. The van der Waals surface area contributed by atoms with Crippen molar-refractivity contribution in [2.75, 3.05) is 19.6 Å². The van der Waals surface area contributed by atoms with Crippen molar-refractivity contribution in [3.8, 4) is 0 Å². The van der Waals surface area contributed by atoms with Crippen LogP contribution in [0.3, 0.4) is 0 Å². The average Bonchev–Trinajstić information content (AvgIpc) is 3.31. The first-order valence-electron chi connectivity index (χ1n) is 13.1. The smallest absolute Gasteiger partial charge is 0.237 e. The van der Waals surface area contributed by atoms with Gasteiger partial charge in [0.2, 0.25) is 15.9 Å². The molecular formula is C29H41N3O3S. The van der Waals surface area contributed by atoms with E-state index in [1.165, 1.54) is 11.0 Å². The molecule has 0 unspecified atom stereocenters. The molecule has 0 saturated carbocycles. The number of benzene rings is 2. The van der Waals surface area contributed by atoms with Gasteiger partial charge >= 0.3 is 0 Å². The SMILES string of the molecule is CC(C)C[C@H](CN1CCC[C@H]1C(=O)NCCCCc1ccccc1)NS(=O)(=O)C=Cc1ccccc1. The third-order valence-electron chi connectivity index (χ3n) is 6.48. The van der Waals surface area contributed by atoms with E-state index in [0.29, 0.717) is 25.4 Å². The van der Waals surface area contributed by atoms with Gasteiger partial charge in [-0.05, 0) is 68.2 Å². The standard InChI is InChI=1S/C29H41N3O3S/c1-24(2)22-27(31-36(34,35)21-18-26-14-7-4-8-15-26)23-32-20-11-17-28(32)29(33)30-19-10-9-16-25-12-5-3-6-13-25/h3-8,12-15,18,21,24,27-28,31H,9-11,16-17,19-20,22-23H2,1-2H3,(H,30,33)/t27-,28+/m1/s1. The largest absolute Gasteiger partial charge is 0.355 e. The lowest BCUT2D eigenvalue weighted by molar-refractivity contribution is -0.125. The van der Waals surface area contributed by atoms with Crippen molar-refractivity contribution in [3.05, 3.63) is 77.2 Å². The van der Waals surface area contributed by atoms with E-state index in [-0.39, 0.29) is 18.0 Å². The van der Waals surface area contributed by atoms with E-state index in [1.54, 1.807) is 6.08 Å². The minimum absolute atomic E-state index is 0.0577. The van der Waals surface area contributed by atoms with Crippen molar-refractivity contribution < 1.29 is 13.2 Å². The molecule has 1 amide bonds. The van der Waals surface area contributed by atoms with Gasteiger partial charge < -0.3 is 5.32 Å². The Morgan fingerprint density at radius 1 is 1.06 bits per heavy atom. The minimum atomic E-state index is -3.61. The Morgan fingerprint density at radius 3 is 2.44 bits per heavy atom. The summed E-state index contributed by atoms with van der Waals surface area (Å²) in [4.78, 5) is 15.1. The molecule has 0 bridgehead atoms. The summed E-state index contributed by atoms with van der Waals surface area (Å²) in [7, 11) is -3.61. The summed E-state index contributed by atoms with van der Waals surface area (Å²) in [6.07, 6.45) is 7.07. The summed E-state index contributed by atoms with van der Waals surface area (Å²) in [6, 6.07) is 19.3. The number of aryl methyl sites for hydroxylation is 1. The molecule has 36 heavy (non-hydrogen) atoms. The van der Waals surface area contributed by atoms with Crippen LogP contribution >= 0.6 is 0 Å². The van der Waals surface area contributed by atoms with Crippen molar-refractivity contribution in [3.63, 3.8) is 0 Å². The van der Waals surface area contributed by atoms with Crippen molar-refractivity contribution in [1.29, 1.82) is 0 Å². The van der Waals surface area contributed by atoms with Crippen LogP contribution in [-0.4, -0.2) is 50.9 Å². The molecule has 3 rings (SSSR count). The molecule has 1 fully saturated rings. The van der Waals surface area contributed by atoms with Crippen molar-refractivity contribution in [2.45, 2.75) is 64.5 Å². The number of unbranched alkanes of at least 4 members (excludes halogenated alkanes) is 1. The second-order valence-electron chi connectivity index (χ2n) is 10.1. The lowest BCUT2D eigenvalue weighted by Crippen LogP contribution is -2.49. The number of carbonyl (C=O) groups is 1. The highest BCUT2D eigenvalue weighted by molar-refractivity contribution is 7.92. The number of sulfonamides is 1. The fraction of sp³-hybridized carbons (Fsp3) is 0.483. The van der Waals surface area contributed by atoms with Gasteiger partial charge in [-0.15, -0.1) is 0 Å². The van der Waals surface area contributed by atoms with Gasteiger partial charge in [0.05, 0.1) is 6.04 Å². The first-order chi connectivity index (χ1) is 17.3. The number of hydrogen-bond acceptors (Lipinski definition) is 4. The maximum absolute atomic E-state index is 12.9. The van der Waals surface area contributed by atoms with E-state index >= 15 is 0 Å². The number of hydrogen-bond donors (Lipinski definition) is 2. The molecule has 0 radical (unpaired) electrons. The maximum atomic E-state index is 12.9. The zero-order valence-corrected chi connectivity index (χ0v) is 22.4. The second kappa shape index (κ2) is 14.3. The van der Waals surface area contributed by atoms with Gasteiger partial charge in [-0.25, -0.2) is 13.1 Å². The first-order valence-corrected chi connectivity index (χ1v) is 14.7. The highest BCUT2D eigenvalue weighted by Gasteiger charge is 2.32. The third kappa shape index (κ3) is 9.88. The first kappa shape index (κ1) is 28.1. The second-order valence-corrected chi connectivity index (χ2v) is 11.7. The Morgan fingerprint density at radius 2 is 1.75 bits per heavy atom. The molecule has 6 nitrogen and oxygen atoms in total. The number of carbonyl (C=O) groups excluding carboxylic acids is 1. The lowest BCUT2D eigenvalue weighted by atomic mass is 10.0. The van der Waals surface area contributed by atoms with E-state index in [9.17, 15) is 13.2 Å². The van der Waals surface area contributed by atoms with Gasteiger partial charge in [0.25, 0.3) is 0 Å². The fourth-order valence-electron chi connectivity index (χ4n) is 4.79. The van der Waals surface area contributed by atoms with E-state index in [4.69, 9.17) is 0 Å². The molecule has 1 saturated heterocycles. The van der Waals surface area contributed by atoms with Gasteiger partial charge in [0.15, 0.2) is 0 Å². The number of rotatable bonds is 14. The van der Waals surface area contributed by atoms with Gasteiger partial charge in [-0.3, -0.25) is 9.69 Å². The van der Waals surface area contributed by atoms with Crippen LogP contribution in [0.4, 0.5) is 0 Å². The van der Waals surface area contributed by atoms with Crippen molar-refractivity contribution in [1.82, 2.24) is 14.9 Å². The van der Waals surface area contributed by atoms with Crippen LogP contribution in [-0.2, 0) is 21.2 Å². The summed E-state index contributed by atoms with van der Waals surface area (Å²) in [6.45, 7) is 6.18. The Labute approximate surface area is 217 Å². The molecule has 0 spiro atoms. The predicted octanol–water partition coefficient (Wildman–Crippen LogP) is 4.59. The predicted molar refractivity (Wildman–Crippen MR) is 148 cm³/mol. The number of amides is 1. The fourth-order valence-corrected chi connectivity index (χ4v) is 5.84. The van der Waals surface area contributed by atoms with Gasteiger partial charge in [0, 0.05) is 24.5 Å². The topological polar surface area (TPSA) is 78.5 Å². The number of nitrogens with zero attached hydrogens (tertiary/aromatic N) is 1. The normalized spacial score (nSPS) is 17.6. The quantitative estimate of drug-likeness (QED) is 0.364. The molecule has 2 aromatic carbocycles. The summed E-state index contributed by atoms with van der Waals surface area (Å²) >= 11 is 0. The lowest BCUT2D eigenvalue weighted by Gasteiger charge is -2.29. The Kier molecular flexibility index (Phi) is 11.2. The van der Waals surface area contributed by atoms with Crippen LogP contribution in [0.25, 0.3) is 6.08 Å². The summed E-state index contributed by atoms with van der Waals surface area (Å²) < 4.78 is 28.5. The van der Waals surface area contributed by atoms with Gasteiger partial charge in [-0.1, -0.05) is 74.5 Å². The van der Waals surface area contributed by atoms with Gasteiger partial charge in [0.1, 0.15) is 0 Å². The van der Waals surface area contributed by atoms with E-state index in [2.05, 4.69) is 53.1 Å². The highest BCUT2D eigenvalue weighted by atomic mass is 32.2. The Balaban J connectivity index is 1.50. The van der Waals surface area contributed by atoms with E-state index in [0.717, 1.165) is 44.2 Å². The number of nitrogens with one attached hydrogen (secondary N) is 2. The molecule has 0 aromatic heterocycles. The summed E-state index contributed by atoms with van der Waals surface area (Å²) in [5.41, 5.74) is 2.16. The van der Waals surface area contributed by atoms with Crippen LogP contribution in [0.15, 0.2) is 66.1 Å². The van der Waals surface area contributed by atoms with Gasteiger partial charge in [-0.2, -0.15) is 0 Å². The van der Waals surface area contributed by atoms with Crippen LogP contribution in [0.1, 0.15) is 57.1 Å². The summed E-state index contributed by atoms with van der Waals surface area (Å²) in [5.74, 6) is 0.387. The summed E-state index contributed by atoms with van der Waals surface area (Å²) in [5, 5.41) is 4.35. The Bertz CT molecular complexity index is 1060. The Hall–Kier alpha value is -2.48. The van der Waals surface area contributed by atoms with E-state index < -0.39 is 10.0 Å². The molecule has 7 heteroatoms. The molecular weight excluding hydrogens is 470 g/mol. The van der Waals surface area contributed by atoms with Crippen molar-refractivity contribution >= 4 is 22.0 Å². The van der Waals surface area contributed by atoms with Crippen LogP contribution < -0.4 is 10.0 Å². The highest BCUT2D eigenvalue weighted by Crippen LogP contribution is 2.20. The number of likely N-dealkylation sites (tertiary alicyclic amines) is 1. The zero-order valence-electron chi connectivity index (χ0n) is 21.6. The monoisotopic (exact) mass is 511 g/mol.